The van der Waals surface area contributed by atoms with Crippen LogP contribution in [0.5, 0.6) is 0 Å². The summed E-state index contributed by atoms with van der Waals surface area (Å²) in [6.45, 7) is 6.11. The quantitative estimate of drug-likeness (QED) is 0.837. The number of anilines is 3. The van der Waals surface area contributed by atoms with Gasteiger partial charge in [-0.05, 0) is 33.1 Å². The Morgan fingerprint density at radius 1 is 1.47 bits per heavy atom. The van der Waals surface area contributed by atoms with E-state index in [1.807, 2.05) is 6.92 Å². The molecule has 5 nitrogen and oxygen atoms in total. The first kappa shape index (κ1) is 12.0. The molecule has 1 atom stereocenters. The second-order valence-corrected chi connectivity index (χ2v) is 4.53. The molecular weight excluding hydrogens is 214 g/mol. The van der Waals surface area contributed by atoms with Crippen LogP contribution in [0.1, 0.15) is 33.1 Å². The first-order chi connectivity index (χ1) is 8.24. The Hall–Kier alpha value is -1.52. The minimum atomic E-state index is 0.510. The average molecular weight is 235 g/mol. The van der Waals surface area contributed by atoms with E-state index in [4.69, 9.17) is 5.73 Å². The maximum Gasteiger partial charge on any atom is 0.157 e. The lowest BCUT2D eigenvalue weighted by Crippen LogP contribution is -2.38. The van der Waals surface area contributed by atoms with Crippen molar-refractivity contribution in [3.63, 3.8) is 0 Å². The molecule has 0 radical (unpaired) electrons. The molecule has 0 bridgehead atoms. The van der Waals surface area contributed by atoms with Crippen LogP contribution in [0.3, 0.4) is 0 Å². The van der Waals surface area contributed by atoms with Crippen LogP contribution in [0.4, 0.5) is 17.3 Å². The van der Waals surface area contributed by atoms with E-state index in [2.05, 4.69) is 27.1 Å². The molecule has 0 amide bonds. The van der Waals surface area contributed by atoms with Crippen molar-refractivity contribution < 1.29 is 0 Å². The predicted octanol–water partition coefficient (Wildman–Crippen LogP) is 1.87. The molecule has 1 aromatic heterocycles. The lowest BCUT2D eigenvalue weighted by Gasteiger charge is -2.35. The Morgan fingerprint density at radius 2 is 2.29 bits per heavy atom. The fraction of sp³-hybridized carbons (Fsp3) is 0.667. The second-order valence-electron chi connectivity index (χ2n) is 4.53. The zero-order valence-electron chi connectivity index (χ0n) is 10.6. The Kier molecular flexibility index (Phi) is 3.66. The van der Waals surface area contributed by atoms with Gasteiger partial charge in [-0.25, -0.2) is 9.97 Å². The molecule has 0 saturated carbocycles. The van der Waals surface area contributed by atoms with Crippen LogP contribution in [0.15, 0.2) is 6.33 Å². The lowest BCUT2D eigenvalue weighted by atomic mass is 10.0. The van der Waals surface area contributed by atoms with E-state index in [-0.39, 0.29) is 0 Å². The molecule has 1 aromatic rings. The molecule has 2 heterocycles. The van der Waals surface area contributed by atoms with Crippen LogP contribution in [0.25, 0.3) is 0 Å². The van der Waals surface area contributed by atoms with E-state index < -0.39 is 0 Å². The van der Waals surface area contributed by atoms with Crippen molar-refractivity contribution >= 4 is 17.3 Å². The van der Waals surface area contributed by atoms with Gasteiger partial charge in [-0.1, -0.05) is 0 Å². The zero-order chi connectivity index (χ0) is 12.3. The highest BCUT2D eigenvalue weighted by atomic mass is 15.2. The predicted molar refractivity (Wildman–Crippen MR) is 71.3 cm³/mol. The number of nitrogens with zero attached hydrogens (tertiary/aromatic N) is 3. The maximum atomic E-state index is 6.13. The topological polar surface area (TPSA) is 67.1 Å². The van der Waals surface area contributed by atoms with Gasteiger partial charge >= 0.3 is 0 Å². The van der Waals surface area contributed by atoms with Crippen molar-refractivity contribution in [1.82, 2.24) is 9.97 Å². The zero-order valence-corrected chi connectivity index (χ0v) is 10.6. The molecule has 1 aliphatic rings. The largest absolute Gasteiger partial charge is 0.393 e. The summed E-state index contributed by atoms with van der Waals surface area (Å²) in [5.41, 5.74) is 6.80. The normalized spacial score (nSPS) is 20.4. The van der Waals surface area contributed by atoms with Gasteiger partial charge in [-0.3, -0.25) is 0 Å². The summed E-state index contributed by atoms with van der Waals surface area (Å²) < 4.78 is 0. The number of nitrogen functional groups attached to an aromatic ring is 1. The van der Waals surface area contributed by atoms with Crippen molar-refractivity contribution in [2.75, 3.05) is 29.0 Å². The SMILES string of the molecule is CCNc1ncnc(N2CCCCC2C)c1N. The summed E-state index contributed by atoms with van der Waals surface area (Å²) in [6, 6.07) is 0.510. The van der Waals surface area contributed by atoms with Gasteiger partial charge < -0.3 is 16.0 Å². The van der Waals surface area contributed by atoms with Crippen LogP contribution in [0.2, 0.25) is 0 Å². The fourth-order valence-electron chi connectivity index (χ4n) is 2.34. The van der Waals surface area contributed by atoms with E-state index >= 15 is 0 Å². The third-order valence-corrected chi connectivity index (χ3v) is 3.28. The maximum absolute atomic E-state index is 6.13. The highest BCUT2D eigenvalue weighted by molar-refractivity contribution is 5.75. The van der Waals surface area contributed by atoms with Crippen molar-refractivity contribution in [2.24, 2.45) is 0 Å². The van der Waals surface area contributed by atoms with Crippen molar-refractivity contribution in [1.29, 1.82) is 0 Å². The van der Waals surface area contributed by atoms with Gasteiger partial charge in [0.15, 0.2) is 11.6 Å². The average Bonchev–Trinajstić information content (AvgIpc) is 2.33. The monoisotopic (exact) mass is 235 g/mol. The van der Waals surface area contributed by atoms with Gasteiger partial charge in [0.1, 0.15) is 12.0 Å². The number of aromatic nitrogens is 2. The Morgan fingerprint density at radius 3 is 3.00 bits per heavy atom. The third-order valence-electron chi connectivity index (χ3n) is 3.28. The summed E-state index contributed by atoms with van der Waals surface area (Å²) in [4.78, 5) is 10.8. The molecule has 1 unspecified atom stereocenters. The van der Waals surface area contributed by atoms with Gasteiger partial charge in [-0.15, -0.1) is 0 Å². The molecular formula is C12H21N5. The van der Waals surface area contributed by atoms with Crippen LogP contribution >= 0.6 is 0 Å². The van der Waals surface area contributed by atoms with E-state index in [0.717, 1.165) is 24.7 Å². The highest BCUT2D eigenvalue weighted by Crippen LogP contribution is 2.30. The molecule has 5 heteroatoms. The van der Waals surface area contributed by atoms with E-state index in [0.29, 0.717) is 11.7 Å². The molecule has 94 valence electrons. The number of piperidine rings is 1. The lowest BCUT2D eigenvalue weighted by molar-refractivity contribution is 0.481. The molecule has 17 heavy (non-hydrogen) atoms. The van der Waals surface area contributed by atoms with Gasteiger partial charge in [0.2, 0.25) is 0 Å². The first-order valence-corrected chi connectivity index (χ1v) is 6.35. The summed E-state index contributed by atoms with van der Waals surface area (Å²) >= 11 is 0. The summed E-state index contributed by atoms with van der Waals surface area (Å²) in [7, 11) is 0. The molecule has 0 spiro atoms. The van der Waals surface area contributed by atoms with Crippen molar-refractivity contribution in [3.05, 3.63) is 6.33 Å². The standard InChI is InChI=1S/C12H21N5/c1-3-14-11-10(13)12(16-8-15-11)17-7-5-4-6-9(17)2/h8-9H,3-7,13H2,1-2H3,(H,14,15,16). The van der Waals surface area contributed by atoms with Crippen LogP contribution < -0.4 is 16.0 Å². The Bertz CT molecular complexity index is 379. The van der Waals surface area contributed by atoms with E-state index in [9.17, 15) is 0 Å². The first-order valence-electron chi connectivity index (χ1n) is 6.35. The van der Waals surface area contributed by atoms with Gasteiger partial charge in [-0.2, -0.15) is 0 Å². The number of nitrogens with two attached hydrogens (primary N) is 1. The smallest absolute Gasteiger partial charge is 0.157 e. The highest BCUT2D eigenvalue weighted by Gasteiger charge is 2.22. The Balaban J connectivity index is 2.27. The molecule has 1 saturated heterocycles. The van der Waals surface area contributed by atoms with Gasteiger partial charge in [0, 0.05) is 19.1 Å². The minimum absolute atomic E-state index is 0.510. The van der Waals surface area contributed by atoms with E-state index in [1.165, 1.54) is 19.3 Å². The van der Waals surface area contributed by atoms with Crippen molar-refractivity contribution in [2.45, 2.75) is 39.2 Å². The summed E-state index contributed by atoms with van der Waals surface area (Å²) in [5, 5.41) is 3.17. The van der Waals surface area contributed by atoms with Crippen LogP contribution in [0, 0.1) is 0 Å². The molecule has 0 aliphatic carbocycles. The van der Waals surface area contributed by atoms with Gasteiger partial charge in [0.05, 0.1) is 0 Å². The summed E-state index contributed by atoms with van der Waals surface area (Å²) in [6.07, 6.45) is 5.30. The number of hydrogen-bond donors (Lipinski definition) is 2. The molecule has 1 aliphatic heterocycles. The molecule has 0 aromatic carbocycles. The Labute approximate surface area is 102 Å². The molecule has 3 N–H and O–H groups in total. The van der Waals surface area contributed by atoms with E-state index in [1.54, 1.807) is 6.33 Å². The number of nitrogens with one attached hydrogen (secondary N) is 1. The summed E-state index contributed by atoms with van der Waals surface area (Å²) in [5.74, 6) is 1.62. The number of hydrogen-bond acceptors (Lipinski definition) is 5. The molecule has 2 rings (SSSR count). The third kappa shape index (κ3) is 2.43. The van der Waals surface area contributed by atoms with Crippen molar-refractivity contribution in [3.8, 4) is 0 Å². The fourth-order valence-corrected chi connectivity index (χ4v) is 2.34. The minimum Gasteiger partial charge on any atom is -0.393 e. The molecule has 1 fully saturated rings. The van der Waals surface area contributed by atoms with Gasteiger partial charge in [0.25, 0.3) is 0 Å². The number of rotatable bonds is 3. The van der Waals surface area contributed by atoms with Crippen LogP contribution in [-0.2, 0) is 0 Å². The second kappa shape index (κ2) is 5.21. The van der Waals surface area contributed by atoms with Crippen LogP contribution in [-0.4, -0.2) is 29.1 Å².